The molecule has 1 aromatic heterocycles. The fourth-order valence-corrected chi connectivity index (χ4v) is 2.20. The van der Waals surface area contributed by atoms with Gasteiger partial charge < -0.3 is 14.8 Å². The van der Waals surface area contributed by atoms with Crippen LogP contribution >= 0.6 is 11.3 Å². The summed E-state index contributed by atoms with van der Waals surface area (Å²) in [5.41, 5.74) is 0.0623. The van der Waals surface area contributed by atoms with Gasteiger partial charge in [-0.3, -0.25) is 4.79 Å². The van der Waals surface area contributed by atoms with E-state index in [0.29, 0.717) is 23.2 Å². The minimum atomic E-state index is -0.604. The highest BCUT2D eigenvalue weighted by Crippen LogP contribution is 2.24. The van der Waals surface area contributed by atoms with Crippen molar-refractivity contribution in [2.45, 2.75) is 26.9 Å². The lowest BCUT2D eigenvalue weighted by Gasteiger charge is -2.07. The molecule has 0 aliphatic heterocycles. The molecular formula is C12H18N2O4S. The predicted octanol–water partition coefficient (Wildman–Crippen LogP) is 1.97. The van der Waals surface area contributed by atoms with Crippen molar-refractivity contribution in [2.75, 3.05) is 25.6 Å². The van der Waals surface area contributed by atoms with Crippen molar-refractivity contribution in [3.05, 3.63) is 10.6 Å². The first-order valence-corrected chi connectivity index (χ1v) is 6.73. The Morgan fingerprint density at radius 2 is 2.11 bits per heavy atom. The zero-order valence-corrected chi connectivity index (χ0v) is 12.3. The summed E-state index contributed by atoms with van der Waals surface area (Å²) in [5.74, 6) is -0.808. The SMILES string of the molecule is COC(=O)c1nc(NCCOC(C)C)sc1C(C)=O. The van der Waals surface area contributed by atoms with Crippen molar-refractivity contribution in [1.82, 2.24) is 4.98 Å². The number of Topliss-reactive ketones (excluding diaryl/α,β-unsaturated/α-hetero) is 1. The number of thiazole rings is 1. The van der Waals surface area contributed by atoms with Crippen molar-refractivity contribution in [1.29, 1.82) is 0 Å². The van der Waals surface area contributed by atoms with Gasteiger partial charge >= 0.3 is 5.97 Å². The molecule has 7 heteroatoms. The number of esters is 1. The molecule has 0 amide bonds. The number of methoxy groups -OCH3 is 1. The molecule has 0 unspecified atom stereocenters. The molecule has 1 N–H and O–H groups in total. The maximum Gasteiger partial charge on any atom is 0.358 e. The van der Waals surface area contributed by atoms with Gasteiger partial charge in [0.25, 0.3) is 0 Å². The number of ether oxygens (including phenoxy) is 2. The second-order valence-corrected chi connectivity index (χ2v) is 5.09. The second-order valence-electron chi connectivity index (χ2n) is 4.09. The van der Waals surface area contributed by atoms with Gasteiger partial charge in [0, 0.05) is 13.5 Å². The van der Waals surface area contributed by atoms with E-state index in [2.05, 4.69) is 15.0 Å². The number of hydrogen-bond acceptors (Lipinski definition) is 7. The van der Waals surface area contributed by atoms with Crippen molar-refractivity contribution in [2.24, 2.45) is 0 Å². The maximum absolute atomic E-state index is 11.5. The third-order valence-electron chi connectivity index (χ3n) is 2.16. The Kier molecular flexibility index (Phi) is 5.91. The number of ketones is 1. The van der Waals surface area contributed by atoms with E-state index in [0.717, 1.165) is 11.3 Å². The standard InChI is InChI=1S/C12H18N2O4S/c1-7(2)18-6-5-13-12-14-9(11(16)17-4)10(19-12)8(3)15/h7H,5-6H2,1-4H3,(H,13,14). The van der Waals surface area contributed by atoms with Crippen molar-refractivity contribution >= 4 is 28.2 Å². The van der Waals surface area contributed by atoms with E-state index in [4.69, 9.17) is 4.74 Å². The number of aromatic nitrogens is 1. The number of nitrogens with zero attached hydrogens (tertiary/aromatic N) is 1. The third kappa shape index (κ3) is 4.60. The molecule has 1 rings (SSSR count). The van der Waals surface area contributed by atoms with E-state index in [9.17, 15) is 9.59 Å². The van der Waals surface area contributed by atoms with Crippen molar-refractivity contribution < 1.29 is 19.1 Å². The Labute approximate surface area is 116 Å². The van der Waals surface area contributed by atoms with Gasteiger partial charge in [-0.15, -0.1) is 0 Å². The number of hydrogen-bond donors (Lipinski definition) is 1. The normalized spacial score (nSPS) is 10.6. The van der Waals surface area contributed by atoms with Crippen LogP contribution in [0.2, 0.25) is 0 Å². The molecule has 0 aliphatic carbocycles. The van der Waals surface area contributed by atoms with Crippen molar-refractivity contribution in [3.63, 3.8) is 0 Å². The first-order valence-electron chi connectivity index (χ1n) is 5.91. The van der Waals surface area contributed by atoms with Crippen LogP contribution in [-0.2, 0) is 9.47 Å². The molecule has 106 valence electrons. The maximum atomic E-state index is 11.5. The lowest BCUT2D eigenvalue weighted by Crippen LogP contribution is -2.13. The van der Waals surface area contributed by atoms with Crippen LogP contribution in [0.4, 0.5) is 5.13 Å². The summed E-state index contributed by atoms with van der Waals surface area (Å²) in [6, 6.07) is 0. The van der Waals surface area contributed by atoms with E-state index >= 15 is 0 Å². The second kappa shape index (κ2) is 7.20. The van der Waals surface area contributed by atoms with Gasteiger partial charge in [0.05, 0.1) is 19.8 Å². The zero-order valence-electron chi connectivity index (χ0n) is 11.5. The average molecular weight is 286 g/mol. The topological polar surface area (TPSA) is 77.5 Å². The first kappa shape index (κ1) is 15.6. The smallest absolute Gasteiger partial charge is 0.358 e. The van der Waals surface area contributed by atoms with Gasteiger partial charge in [0.2, 0.25) is 0 Å². The van der Waals surface area contributed by atoms with Crippen LogP contribution in [0.1, 0.15) is 40.9 Å². The van der Waals surface area contributed by atoms with E-state index in [1.165, 1.54) is 14.0 Å². The molecule has 0 fully saturated rings. The monoisotopic (exact) mass is 286 g/mol. The largest absolute Gasteiger partial charge is 0.464 e. The van der Waals surface area contributed by atoms with E-state index in [1.807, 2.05) is 13.8 Å². The third-order valence-corrected chi connectivity index (χ3v) is 3.27. The quantitative estimate of drug-likeness (QED) is 0.469. The summed E-state index contributed by atoms with van der Waals surface area (Å²) in [5, 5.41) is 3.53. The molecule has 0 atom stereocenters. The molecule has 1 heterocycles. The Hall–Kier alpha value is -1.47. The average Bonchev–Trinajstić information content (AvgIpc) is 2.77. The summed E-state index contributed by atoms with van der Waals surface area (Å²) < 4.78 is 9.97. The Bertz CT molecular complexity index is 457. The Morgan fingerprint density at radius 3 is 2.63 bits per heavy atom. The molecule has 1 aromatic rings. The highest BCUT2D eigenvalue weighted by Gasteiger charge is 2.21. The van der Waals surface area contributed by atoms with Crippen LogP contribution < -0.4 is 5.32 Å². The fraction of sp³-hybridized carbons (Fsp3) is 0.583. The number of carbonyl (C=O) groups excluding carboxylic acids is 2. The first-order chi connectivity index (χ1) is 8.95. The van der Waals surface area contributed by atoms with Gasteiger partial charge in [-0.1, -0.05) is 11.3 Å². The molecule has 0 saturated carbocycles. The van der Waals surface area contributed by atoms with Crippen LogP contribution in [0, 0.1) is 0 Å². The minimum Gasteiger partial charge on any atom is -0.464 e. The molecule has 19 heavy (non-hydrogen) atoms. The van der Waals surface area contributed by atoms with Crippen LogP contribution in [0.3, 0.4) is 0 Å². The highest BCUT2D eigenvalue weighted by atomic mass is 32.1. The van der Waals surface area contributed by atoms with Gasteiger partial charge in [-0.25, -0.2) is 9.78 Å². The van der Waals surface area contributed by atoms with Crippen LogP contribution in [0.5, 0.6) is 0 Å². The minimum absolute atomic E-state index is 0.0623. The van der Waals surface area contributed by atoms with Gasteiger partial charge in [-0.05, 0) is 13.8 Å². The summed E-state index contributed by atoms with van der Waals surface area (Å²) in [7, 11) is 1.26. The molecular weight excluding hydrogens is 268 g/mol. The molecule has 0 aromatic carbocycles. The lowest BCUT2D eigenvalue weighted by molar-refractivity contribution is 0.0591. The van der Waals surface area contributed by atoms with Crippen LogP contribution in [0.15, 0.2) is 0 Å². The number of nitrogens with one attached hydrogen (secondary N) is 1. The van der Waals surface area contributed by atoms with Crippen LogP contribution in [-0.4, -0.2) is 43.1 Å². The molecule has 0 radical (unpaired) electrons. The summed E-state index contributed by atoms with van der Waals surface area (Å²) in [6.45, 7) is 6.38. The summed E-state index contributed by atoms with van der Waals surface area (Å²) in [6.07, 6.45) is 0.163. The van der Waals surface area contributed by atoms with Gasteiger partial charge in [0.1, 0.15) is 4.88 Å². The highest BCUT2D eigenvalue weighted by molar-refractivity contribution is 7.17. The molecule has 0 bridgehead atoms. The summed E-state index contributed by atoms with van der Waals surface area (Å²) in [4.78, 5) is 27.3. The Balaban J connectivity index is 2.70. The fourth-order valence-electron chi connectivity index (χ4n) is 1.32. The number of rotatable bonds is 7. The number of carbonyl (C=O) groups is 2. The van der Waals surface area contributed by atoms with Gasteiger partial charge in [-0.2, -0.15) is 0 Å². The number of anilines is 1. The molecule has 0 aliphatic rings. The van der Waals surface area contributed by atoms with Gasteiger partial charge in [0.15, 0.2) is 16.6 Å². The Morgan fingerprint density at radius 1 is 1.42 bits per heavy atom. The van der Waals surface area contributed by atoms with E-state index in [-0.39, 0.29) is 17.6 Å². The van der Waals surface area contributed by atoms with Crippen molar-refractivity contribution in [3.8, 4) is 0 Å². The van der Waals surface area contributed by atoms with E-state index in [1.54, 1.807) is 0 Å². The van der Waals surface area contributed by atoms with Crippen LogP contribution in [0.25, 0.3) is 0 Å². The molecule has 0 spiro atoms. The molecule has 0 saturated heterocycles. The molecule has 6 nitrogen and oxygen atoms in total. The summed E-state index contributed by atoms with van der Waals surface area (Å²) >= 11 is 1.14. The lowest BCUT2D eigenvalue weighted by atomic mass is 10.3. The van der Waals surface area contributed by atoms with E-state index < -0.39 is 5.97 Å². The predicted molar refractivity (Wildman–Crippen MR) is 73.0 cm³/mol. The zero-order chi connectivity index (χ0) is 14.4.